The van der Waals surface area contributed by atoms with Gasteiger partial charge in [-0.1, -0.05) is 5.16 Å². The van der Waals surface area contributed by atoms with Crippen LogP contribution in [-0.4, -0.2) is 59.6 Å². The summed E-state index contributed by atoms with van der Waals surface area (Å²) in [6.45, 7) is 4.54. The fourth-order valence-corrected chi connectivity index (χ4v) is 1.67. The van der Waals surface area contributed by atoms with Crippen LogP contribution in [0.1, 0.15) is 11.7 Å². The first-order valence-corrected chi connectivity index (χ1v) is 5.61. The van der Waals surface area contributed by atoms with Gasteiger partial charge in [0.15, 0.2) is 5.82 Å². The SMILES string of the molecule is OCCc1nc(CCN2CCOCC2)no1. The van der Waals surface area contributed by atoms with Gasteiger partial charge in [-0.15, -0.1) is 0 Å². The topological polar surface area (TPSA) is 71.6 Å². The van der Waals surface area contributed by atoms with Crippen molar-refractivity contribution in [3.8, 4) is 0 Å². The Labute approximate surface area is 94.2 Å². The molecule has 1 aliphatic heterocycles. The Hall–Kier alpha value is -0.980. The van der Waals surface area contributed by atoms with Gasteiger partial charge in [0.2, 0.25) is 5.89 Å². The van der Waals surface area contributed by atoms with Crippen LogP contribution in [0.15, 0.2) is 4.52 Å². The van der Waals surface area contributed by atoms with Crippen LogP contribution in [0.3, 0.4) is 0 Å². The summed E-state index contributed by atoms with van der Waals surface area (Å²) in [7, 11) is 0. The molecule has 0 saturated carbocycles. The quantitative estimate of drug-likeness (QED) is 0.729. The van der Waals surface area contributed by atoms with E-state index in [4.69, 9.17) is 14.4 Å². The number of aliphatic hydroxyl groups excluding tert-OH is 1. The number of hydrogen-bond acceptors (Lipinski definition) is 6. The Morgan fingerprint density at radius 2 is 2.06 bits per heavy atom. The number of morpholine rings is 1. The molecule has 0 spiro atoms. The number of hydrogen-bond donors (Lipinski definition) is 1. The van der Waals surface area contributed by atoms with Gasteiger partial charge in [-0.25, -0.2) is 0 Å². The summed E-state index contributed by atoms with van der Waals surface area (Å²) in [5.41, 5.74) is 0. The van der Waals surface area contributed by atoms with Crippen molar-refractivity contribution in [2.75, 3.05) is 39.5 Å². The minimum absolute atomic E-state index is 0.0467. The van der Waals surface area contributed by atoms with Crippen molar-refractivity contribution in [3.63, 3.8) is 0 Å². The molecule has 1 aliphatic rings. The number of ether oxygens (including phenoxy) is 1. The Bertz CT molecular complexity index is 310. The first-order chi connectivity index (χ1) is 7.88. The first kappa shape index (κ1) is 11.5. The van der Waals surface area contributed by atoms with E-state index in [9.17, 15) is 0 Å². The van der Waals surface area contributed by atoms with Crippen LogP contribution in [0.2, 0.25) is 0 Å². The van der Waals surface area contributed by atoms with Crippen molar-refractivity contribution >= 4 is 0 Å². The summed E-state index contributed by atoms with van der Waals surface area (Å²) in [5.74, 6) is 1.23. The van der Waals surface area contributed by atoms with Crippen LogP contribution in [0.25, 0.3) is 0 Å². The van der Waals surface area contributed by atoms with E-state index >= 15 is 0 Å². The second-order valence-electron chi connectivity index (χ2n) is 3.78. The molecule has 1 N–H and O–H groups in total. The Balaban J connectivity index is 1.75. The molecule has 0 aliphatic carbocycles. The highest BCUT2D eigenvalue weighted by Gasteiger charge is 2.12. The van der Waals surface area contributed by atoms with Crippen molar-refractivity contribution in [2.24, 2.45) is 0 Å². The lowest BCUT2D eigenvalue weighted by atomic mass is 10.3. The van der Waals surface area contributed by atoms with E-state index in [1.807, 2.05) is 0 Å². The van der Waals surface area contributed by atoms with Gasteiger partial charge in [0.1, 0.15) is 0 Å². The lowest BCUT2D eigenvalue weighted by Crippen LogP contribution is -2.37. The summed E-state index contributed by atoms with van der Waals surface area (Å²) in [4.78, 5) is 6.51. The van der Waals surface area contributed by atoms with E-state index in [1.54, 1.807) is 0 Å². The second-order valence-corrected chi connectivity index (χ2v) is 3.78. The zero-order valence-corrected chi connectivity index (χ0v) is 9.26. The van der Waals surface area contributed by atoms with Crippen LogP contribution in [0.5, 0.6) is 0 Å². The van der Waals surface area contributed by atoms with E-state index in [2.05, 4.69) is 15.0 Å². The van der Waals surface area contributed by atoms with E-state index < -0.39 is 0 Å². The highest BCUT2D eigenvalue weighted by atomic mass is 16.5. The van der Waals surface area contributed by atoms with Crippen LogP contribution in [-0.2, 0) is 17.6 Å². The maximum absolute atomic E-state index is 8.71. The van der Waals surface area contributed by atoms with E-state index in [0.29, 0.717) is 12.3 Å². The molecule has 6 heteroatoms. The van der Waals surface area contributed by atoms with Crippen LogP contribution in [0.4, 0.5) is 0 Å². The average Bonchev–Trinajstić information content (AvgIpc) is 2.76. The monoisotopic (exact) mass is 227 g/mol. The molecule has 2 heterocycles. The third-order valence-electron chi connectivity index (χ3n) is 2.59. The Morgan fingerprint density at radius 3 is 2.81 bits per heavy atom. The molecule has 16 heavy (non-hydrogen) atoms. The van der Waals surface area contributed by atoms with Gasteiger partial charge in [-0.05, 0) is 0 Å². The molecule has 0 amide bonds. The molecule has 6 nitrogen and oxygen atoms in total. The van der Waals surface area contributed by atoms with Gasteiger partial charge in [0, 0.05) is 26.1 Å². The molecule has 0 aromatic carbocycles. The summed E-state index contributed by atoms with van der Waals surface area (Å²) in [6, 6.07) is 0. The molecule has 1 fully saturated rings. The first-order valence-electron chi connectivity index (χ1n) is 5.61. The largest absolute Gasteiger partial charge is 0.396 e. The maximum atomic E-state index is 8.71. The number of nitrogens with zero attached hydrogens (tertiary/aromatic N) is 3. The van der Waals surface area contributed by atoms with Crippen molar-refractivity contribution in [3.05, 3.63) is 11.7 Å². The lowest BCUT2D eigenvalue weighted by molar-refractivity contribution is 0.0381. The Kier molecular flexibility index (Phi) is 4.26. The Morgan fingerprint density at radius 1 is 1.25 bits per heavy atom. The van der Waals surface area contributed by atoms with Crippen molar-refractivity contribution in [1.29, 1.82) is 0 Å². The predicted octanol–water partition coefficient (Wildman–Crippen LogP) is -0.521. The third-order valence-corrected chi connectivity index (χ3v) is 2.59. The van der Waals surface area contributed by atoms with E-state index in [0.717, 1.165) is 45.1 Å². The van der Waals surface area contributed by atoms with Crippen molar-refractivity contribution in [1.82, 2.24) is 15.0 Å². The average molecular weight is 227 g/mol. The minimum Gasteiger partial charge on any atom is -0.396 e. The molecular weight excluding hydrogens is 210 g/mol. The van der Waals surface area contributed by atoms with Gasteiger partial charge >= 0.3 is 0 Å². The van der Waals surface area contributed by atoms with Gasteiger partial charge in [0.05, 0.1) is 26.2 Å². The molecule has 0 bridgehead atoms. The number of aromatic nitrogens is 2. The highest BCUT2D eigenvalue weighted by Crippen LogP contribution is 2.02. The second kappa shape index (κ2) is 5.93. The van der Waals surface area contributed by atoms with Crippen molar-refractivity contribution in [2.45, 2.75) is 12.8 Å². The standard InChI is InChI=1S/C10H17N3O3/c14-6-2-10-11-9(12-16-10)1-3-13-4-7-15-8-5-13/h14H,1-8H2. The highest BCUT2D eigenvalue weighted by molar-refractivity contribution is 4.87. The predicted molar refractivity (Wildman–Crippen MR) is 56.1 cm³/mol. The summed E-state index contributed by atoms with van der Waals surface area (Å²) < 4.78 is 10.2. The van der Waals surface area contributed by atoms with Crippen LogP contribution in [0, 0.1) is 0 Å². The van der Waals surface area contributed by atoms with Gasteiger partial charge in [0.25, 0.3) is 0 Å². The molecule has 1 aromatic rings. The molecule has 0 radical (unpaired) electrons. The molecular formula is C10H17N3O3. The normalized spacial score (nSPS) is 17.8. The molecule has 90 valence electrons. The van der Waals surface area contributed by atoms with Gasteiger partial charge in [-0.2, -0.15) is 4.98 Å². The molecule has 0 unspecified atom stereocenters. The van der Waals surface area contributed by atoms with Crippen LogP contribution >= 0.6 is 0 Å². The summed E-state index contributed by atoms with van der Waals surface area (Å²) in [5, 5.41) is 12.6. The molecule has 1 saturated heterocycles. The minimum atomic E-state index is 0.0467. The summed E-state index contributed by atoms with van der Waals surface area (Å²) in [6.07, 6.45) is 1.22. The van der Waals surface area contributed by atoms with E-state index in [-0.39, 0.29) is 6.61 Å². The molecule has 1 aromatic heterocycles. The van der Waals surface area contributed by atoms with Crippen LogP contribution < -0.4 is 0 Å². The van der Waals surface area contributed by atoms with Gasteiger partial charge < -0.3 is 14.4 Å². The smallest absolute Gasteiger partial charge is 0.228 e. The number of rotatable bonds is 5. The lowest BCUT2D eigenvalue weighted by Gasteiger charge is -2.25. The number of aliphatic hydroxyl groups is 1. The fraction of sp³-hybridized carbons (Fsp3) is 0.800. The zero-order chi connectivity index (χ0) is 11.2. The third kappa shape index (κ3) is 3.26. The molecule has 2 rings (SSSR count). The summed E-state index contributed by atoms with van der Waals surface area (Å²) >= 11 is 0. The maximum Gasteiger partial charge on any atom is 0.228 e. The van der Waals surface area contributed by atoms with Crippen molar-refractivity contribution < 1.29 is 14.4 Å². The van der Waals surface area contributed by atoms with Gasteiger partial charge in [-0.3, -0.25) is 4.90 Å². The fourth-order valence-electron chi connectivity index (χ4n) is 1.67. The molecule has 0 atom stereocenters. The van der Waals surface area contributed by atoms with E-state index in [1.165, 1.54) is 0 Å². The zero-order valence-electron chi connectivity index (χ0n) is 9.26.